The standard InChI is InChI=1S/C16H9BrF2N2O4/c17-9-2-4-11(24-16(18)19)10(6-9)15-21-20-14(25-15)8-1-3-12-13(5-8)23-7-22-12/h1-6,16H,7H2. The molecule has 0 bridgehead atoms. The predicted octanol–water partition coefficient (Wildman–Crippen LogP) is 4.50. The van der Waals surface area contributed by atoms with Gasteiger partial charge >= 0.3 is 6.61 Å². The Kier molecular flexibility index (Phi) is 4.00. The second-order valence-electron chi connectivity index (χ2n) is 5.00. The fourth-order valence-electron chi connectivity index (χ4n) is 2.35. The smallest absolute Gasteiger partial charge is 0.387 e. The Morgan fingerprint density at radius 3 is 2.64 bits per heavy atom. The number of halogens is 3. The van der Waals surface area contributed by atoms with Gasteiger partial charge in [-0.15, -0.1) is 10.2 Å². The van der Waals surface area contributed by atoms with Gasteiger partial charge in [-0.05, 0) is 36.4 Å². The number of nitrogens with zero attached hydrogens (tertiary/aromatic N) is 2. The van der Waals surface area contributed by atoms with Crippen LogP contribution < -0.4 is 14.2 Å². The number of fused-ring (bicyclic) bond motifs is 1. The van der Waals surface area contributed by atoms with Gasteiger partial charge in [0.1, 0.15) is 5.75 Å². The maximum Gasteiger partial charge on any atom is 0.387 e. The summed E-state index contributed by atoms with van der Waals surface area (Å²) in [6, 6.07) is 9.71. The van der Waals surface area contributed by atoms with Crippen LogP contribution in [-0.2, 0) is 0 Å². The molecule has 0 fully saturated rings. The molecule has 0 spiro atoms. The van der Waals surface area contributed by atoms with Gasteiger partial charge < -0.3 is 18.6 Å². The minimum absolute atomic E-state index is 0.0564. The van der Waals surface area contributed by atoms with Gasteiger partial charge in [-0.3, -0.25) is 0 Å². The molecular weight excluding hydrogens is 402 g/mol. The molecule has 2 heterocycles. The summed E-state index contributed by atoms with van der Waals surface area (Å²) in [5.41, 5.74) is 0.878. The molecule has 9 heteroatoms. The van der Waals surface area contributed by atoms with Crippen LogP contribution in [0.2, 0.25) is 0 Å². The highest BCUT2D eigenvalue weighted by molar-refractivity contribution is 9.10. The fraction of sp³-hybridized carbons (Fsp3) is 0.125. The zero-order valence-corrected chi connectivity index (χ0v) is 14.0. The van der Waals surface area contributed by atoms with Crippen LogP contribution in [0.25, 0.3) is 22.9 Å². The van der Waals surface area contributed by atoms with Crippen molar-refractivity contribution in [3.05, 3.63) is 40.9 Å². The molecule has 0 unspecified atom stereocenters. The van der Waals surface area contributed by atoms with Crippen LogP contribution in [0.4, 0.5) is 8.78 Å². The van der Waals surface area contributed by atoms with Crippen LogP contribution in [-0.4, -0.2) is 23.6 Å². The van der Waals surface area contributed by atoms with E-state index in [0.29, 0.717) is 21.5 Å². The molecule has 0 amide bonds. The summed E-state index contributed by atoms with van der Waals surface area (Å²) in [7, 11) is 0. The molecule has 0 saturated heterocycles. The number of hydrogen-bond donors (Lipinski definition) is 0. The van der Waals surface area contributed by atoms with Crippen molar-refractivity contribution in [2.24, 2.45) is 0 Å². The third-order valence-electron chi connectivity index (χ3n) is 3.43. The Hall–Kier alpha value is -2.68. The predicted molar refractivity (Wildman–Crippen MR) is 85.6 cm³/mol. The maximum atomic E-state index is 12.6. The molecule has 0 radical (unpaired) electrons. The number of ether oxygens (including phenoxy) is 3. The molecule has 1 aromatic heterocycles. The van der Waals surface area contributed by atoms with Crippen molar-refractivity contribution in [3.63, 3.8) is 0 Å². The lowest BCUT2D eigenvalue weighted by Gasteiger charge is -2.08. The monoisotopic (exact) mass is 410 g/mol. The van der Waals surface area contributed by atoms with E-state index in [1.165, 1.54) is 6.07 Å². The van der Waals surface area contributed by atoms with Crippen LogP contribution in [0.15, 0.2) is 45.3 Å². The number of hydrogen-bond acceptors (Lipinski definition) is 6. The Labute approximate surface area is 148 Å². The second kappa shape index (κ2) is 6.32. The highest BCUT2D eigenvalue weighted by Gasteiger charge is 2.20. The van der Waals surface area contributed by atoms with E-state index in [1.807, 2.05) is 0 Å². The zero-order valence-electron chi connectivity index (χ0n) is 12.4. The Bertz CT molecular complexity index is 932. The van der Waals surface area contributed by atoms with Gasteiger partial charge in [-0.2, -0.15) is 8.78 Å². The molecule has 1 aliphatic rings. The van der Waals surface area contributed by atoms with Crippen molar-refractivity contribution in [2.75, 3.05) is 6.79 Å². The molecule has 0 aliphatic carbocycles. The van der Waals surface area contributed by atoms with Gasteiger partial charge in [0.05, 0.1) is 5.56 Å². The highest BCUT2D eigenvalue weighted by atomic mass is 79.9. The van der Waals surface area contributed by atoms with E-state index in [-0.39, 0.29) is 29.9 Å². The van der Waals surface area contributed by atoms with Crippen molar-refractivity contribution in [3.8, 4) is 40.2 Å². The quantitative estimate of drug-likeness (QED) is 0.630. The molecule has 6 nitrogen and oxygen atoms in total. The Morgan fingerprint density at radius 2 is 1.80 bits per heavy atom. The molecule has 128 valence electrons. The summed E-state index contributed by atoms with van der Waals surface area (Å²) >= 11 is 3.28. The SMILES string of the molecule is FC(F)Oc1ccc(Br)cc1-c1nnc(-c2ccc3c(c2)OCO3)o1. The molecule has 0 N–H and O–H groups in total. The zero-order chi connectivity index (χ0) is 17.4. The first kappa shape index (κ1) is 15.8. The van der Waals surface area contributed by atoms with E-state index in [1.54, 1.807) is 30.3 Å². The van der Waals surface area contributed by atoms with E-state index >= 15 is 0 Å². The fourth-order valence-corrected chi connectivity index (χ4v) is 2.71. The molecule has 3 aromatic rings. The minimum atomic E-state index is -2.96. The van der Waals surface area contributed by atoms with Crippen LogP contribution >= 0.6 is 15.9 Å². The summed E-state index contributed by atoms with van der Waals surface area (Å²) < 4.78 is 46.5. The molecule has 4 rings (SSSR count). The van der Waals surface area contributed by atoms with Crippen molar-refractivity contribution in [1.29, 1.82) is 0 Å². The lowest BCUT2D eigenvalue weighted by Crippen LogP contribution is -2.03. The summed E-state index contributed by atoms with van der Waals surface area (Å²) in [5, 5.41) is 7.90. The number of rotatable bonds is 4. The van der Waals surface area contributed by atoms with Gasteiger partial charge in [0.25, 0.3) is 5.89 Å². The van der Waals surface area contributed by atoms with Gasteiger partial charge in [-0.25, -0.2) is 0 Å². The summed E-state index contributed by atoms with van der Waals surface area (Å²) in [5.74, 6) is 1.42. The summed E-state index contributed by atoms with van der Waals surface area (Å²) in [6.07, 6.45) is 0. The first-order valence-electron chi connectivity index (χ1n) is 7.08. The third kappa shape index (κ3) is 3.14. The second-order valence-corrected chi connectivity index (χ2v) is 5.92. The van der Waals surface area contributed by atoms with Gasteiger partial charge in [0.2, 0.25) is 12.7 Å². The van der Waals surface area contributed by atoms with Crippen LogP contribution in [0.1, 0.15) is 0 Å². The minimum Gasteiger partial charge on any atom is -0.454 e. The lowest BCUT2D eigenvalue weighted by atomic mass is 10.2. The molecular formula is C16H9BrF2N2O4. The summed E-state index contributed by atoms with van der Waals surface area (Å²) in [6.45, 7) is -2.81. The first-order chi connectivity index (χ1) is 12.1. The van der Waals surface area contributed by atoms with Gasteiger partial charge in [-0.1, -0.05) is 15.9 Å². The summed E-state index contributed by atoms with van der Waals surface area (Å²) in [4.78, 5) is 0. The van der Waals surface area contributed by atoms with Gasteiger partial charge in [0.15, 0.2) is 11.5 Å². The van der Waals surface area contributed by atoms with E-state index < -0.39 is 6.61 Å². The number of benzene rings is 2. The van der Waals surface area contributed by atoms with Crippen molar-refractivity contribution < 1.29 is 27.4 Å². The van der Waals surface area contributed by atoms with E-state index in [9.17, 15) is 8.78 Å². The third-order valence-corrected chi connectivity index (χ3v) is 3.93. The Morgan fingerprint density at radius 1 is 1.00 bits per heavy atom. The molecule has 1 aliphatic heterocycles. The van der Waals surface area contributed by atoms with Gasteiger partial charge in [0, 0.05) is 10.0 Å². The van der Waals surface area contributed by atoms with Crippen LogP contribution in [0.3, 0.4) is 0 Å². The maximum absolute atomic E-state index is 12.6. The van der Waals surface area contributed by atoms with Crippen LogP contribution in [0, 0.1) is 0 Å². The average molecular weight is 411 g/mol. The van der Waals surface area contributed by atoms with E-state index in [2.05, 4.69) is 30.9 Å². The normalized spacial score (nSPS) is 12.6. The molecule has 2 aromatic carbocycles. The van der Waals surface area contributed by atoms with E-state index in [0.717, 1.165) is 0 Å². The molecule has 25 heavy (non-hydrogen) atoms. The number of alkyl halides is 2. The average Bonchev–Trinajstić information content (AvgIpc) is 3.24. The first-order valence-corrected chi connectivity index (χ1v) is 7.88. The number of aromatic nitrogens is 2. The molecule has 0 saturated carbocycles. The van der Waals surface area contributed by atoms with E-state index in [4.69, 9.17) is 13.9 Å². The topological polar surface area (TPSA) is 66.6 Å². The highest BCUT2D eigenvalue weighted by Crippen LogP contribution is 2.37. The van der Waals surface area contributed by atoms with Crippen molar-refractivity contribution in [2.45, 2.75) is 6.61 Å². The van der Waals surface area contributed by atoms with Crippen LogP contribution in [0.5, 0.6) is 17.2 Å². The molecule has 0 atom stereocenters. The largest absolute Gasteiger partial charge is 0.454 e. The van der Waals surface area contributed by atoms with Crippen molar-refractivity contribution >= 4 is 15.9 Å². The lowest BCUT2D eigenvalue weighted by molar-refractivity contribution is -0.0495. The Balaban J connectivity index is 1.71. The van der Waals surface area contributed by atoms with Crippen molar-refractivity contribution in [1.82, 2.24) is 10.2 Å².